The van der Waals surface area contributed by atoms with Crippen LogP contribution in [0.4, 0.5) is 13.2 Å². The van der Waals surface area contributed by atoms with Gasteiger partial charge < -0.3 is 0 Å². The molecule has 0 unspecified atom stereocenters. The van der Waals surface area contributed by atoms with E-state index in [0.29, 0.717) is 16.1 Å². The average Bonchev–Trinajstić information content (AvgIpc) is 2.34. The molecule has 100 valence electrons. The normalized spacial score (nSPS) is 11.1. The van der Waals surface area contributed by atoms with Crippen molar-refractivity contribution in [2.24, 2.45) is 0 Å². The van der Waals surface area contributed by atoms with Crippen molar-refractivity contribution >= 4 is 34.8 Å². The Labute approximate surface area is 122 Å². The lowest BCUT2D eigenvalue weighted by molar-refractivity contribution is 0.146. The third-order valence-electron chi connectivity index (χ3n) is 2.54. The lowest BCUT2D eigenvalue weighted by Gasteiger charge is -2.09. The van der Waals surface area contributed by atoms with Crippen molar-refractivity contribution in [1.82, 2.24) is 0 Å². The Kier molecular flexibility index (Phi) is 4.29. The average molecular weight is 326 g/mol. The van der Waals surface area contributed by atoms with Gasteiger partial charge in [-0.25, -0.2) is 13.2 Å². The molecule has 19 heavy (non-hydrogen) atoms. The van der Waals surface area contributed by atoms with Gasteiger partial charge in [0.1, 0.15) is 5.82 Å². The maximum absolute atomic E-state index is 13.2. The highest BCUT2D eigenvalue weighted by molar-refractivity contribution is 6.45. The summed E-state index contributed by atoms with van der Waals surface area (Å²) in [5.41, 5.74) is 0.0110. The minimum Gasteiger partial charge on any atom is -0.206 e. The summed E-state index contributed by atoms with van der Waals surface area (Å²) < 4.78 is 38.5. The van der Waals surface area contributed by atoms with Crippen LogP contribution in [0.15, 0.2) is 30.3 Å². The third kappa shape index (κ3) is 2.99. The largest absolute Gasteiger partial charge is 0.266 e. The molecule has 0 amide bonds. The van der Waals surface area contributed by atoms with E-state index >= 15 is 0 Å². The van der Waals surface area contributed by atoms with Gasteiger partial charge in [-0.1, -0.05) is 40.9 Å². The van der Waals surface area contributed by atoms with Crippen molar-refractivity contribution < 1.29 is 13.2 Å². The molecule has 0 heterocycles. The van der Waals surface area contributed by atoms with Crippen molar-refractivity contribution in [3.8, 4) is 11.1 Å². The first-order chi connectivity index (χ1) is 8.90. The Morgan fingerprint density at radius 1 is 0.947 bits per heavy atom. The van der Waals surface area contributed by atoms with E-state index in [2.05, 4.69) is 0 Å². The van der Waals surface area contributed by atoms with Crippen molar-refractivity contribution in [1.29, 1.82) is 0 Å². The van der Waals surface area contributed by atoms with Gasteiger partial charge in [0.25, 0.3) is 6.43 Å². The molecule has 2 rings (SSSR count). The van der Waals surface area contributed by atoms with Crippen molar-refractivity contribution in [2.45, 2.75) is 6.43 Å². The van der Waals surface area contributed by atoms with E-state index in [1.165, 1.54) is 18.2 Å². The third-order valence-corrected chi connectivity index (χ3v) is 3.56. The molecule has 0 aliphatic rings. The quantitative estimate of drug-likeness (QED) is 0.561. The van der Waals surface area contributed by atoms with E-state index < -0.39 is 17.8 Å². The summed E-state index contributed by atoms with van der Waals surface area (Å²) in [7, 11) is 0. The van der Waals surface area contributed by atoms with Gasteiger partial charge >= 0.3 is 0 Å². The number of alkyl halides is 2. The maximum Gasteiger partial charge on any atom is 0.266 e. The molecule has 6 heteroatoms. The van der Waals surface area contributed by atoms with E-state index in [0.717, 1.165) is 12.1 Å². The molecule has 0 bridgehead atoms. The number of benzene rings is 2. The highest BCUT2D eigenvalue weighted by Gasteiger charge is 2.16. The van der Waals surface area contributed by atoms with Crippen molar-refractivity contribution in [3.63, 3.8) is 0 Å². The van der Waals surface area contributed by atoms with Gasteiger partial charge in [0.15, 0.2) is 0 Å². The monoisotopic (exact) mass is 324 g/mol. The van der Waals surface area contributed by atoms with Crippen LogP contribution < -0.4 is 0 Å². The highest BCUT2D eigenvalue weighted by Crippen LogP contribution is 2.37. The predicted octanol–water partition coefficient (Wildman–Crippen LogP) is 6.39. The summed E-state index contributed by atoms with van der Waals surface area (Å²) in [6.07, 6.45) is -2.91. The topological polar surface area (TPSA) is 0 Å². The lowest BCUT2D eigenvalue weighted by atomic mass is 10.0. The summed E-state index contributed by atoms with van der Waals surface area (Å²) in [6, 6.07) is 6.26. The summed E-state index contributed by atoms with van der Waals surface area (Å²) in [5, 5.41) is 0.692. The molecule has 2 aromatic rings. The van der Waals surface area contributed by atoms with Crippen molar-refractivity contribution in [2.75, 3.05) is 0 Å². The first-order valence-corrected chi connectivity index (χ1v) is 6.26. The predicted molar refractivity (Wildman–Crippen MR) is 71.8 cm³/mol. The van der Waals surface area contributed by atoms with Crippen LogP contribution in [0, 0.1) is 5.82 Å². The molecule has 0 spiro atoms. The van der Waals surface area contributed by atoms with E-state index in [4.69, 9.17) is 34.8 Å². The van der Waals surface area contributed by atoms with E-state index in [1.54, 1.807) is 0 Å². The SMILES string of the molecule is Fc1ccc(-c2cc(Cl)cc(Cl)c2Cl)cc1C(F)F. The van der Waals surface area contributed by atoms with Gasteiger partial charge in [0, 0.05) is 10.6 Å². The molecule has 0 N–H and O–H groups in total. The number of hydrogen-bond acceptors (Lipinski definition) is 0. The second kappa shape index (κ2) is 5.61. The molecule has 0 aromatic heterocycles. The molecule has 0 radical (unpaired) electrons. The van der Waals surface area contributed by atoms with Crippen LogP contribution in [0.3, 0.4) is 0 Å². The minimum absolute atomic E-state index is 0.179. The Balaban J connectivity index is 2.63. The molecule has 0 atom stereocenters. The van der Waals surface area contributed by atoms with Crippen LogP contribution >= 0.6 is 34.8 Å². The van der Waals surface area contributed by atoms with Gasteiger partial charge in [0.05, 0.1) is 15.6 Å². The summed E-state index contributed by atoms with van der Waals surface area (Å²) in [6.45, 7) is 0. The number of rotatable bonds is 2. The van der Waals surface area contributed by atoms with E-state index in [-0.39, 0.29) is 10.0 Å². The summed E-state index contributed by atoms with van der Waals surface area (Å²) in [4.78, 5) is 0. The molecular weight excluding hydrogens is 319 g/mol. The van der Waals surface area contributed by atoms with Crippen molar-refractivity contribution in [3.05, 3.63) is 56.8 Å². The smallest absolute Gasteiger partial charge is 0.206 e. The Morgan fingerprint density at radius 2 is 1.63 bits per heavy atom. The van der Waals surface area contributed by atoms with Gasteiger partial charge in [-0.3, -0.25) is 0 Å². The zero-order valence-corrected chi connectivity index (χ0v) is 11.5. The fraction of sp³-hybridized carbons (Fsp3) is 0.0769. The molecule has 0 aliphatic carbocycles. The van der Waals surface area contributed by atoms with E-state index in [9.17, 15) is 13.2 Å². The fourth-order valence-electron chi connectivity index (χ4n) is 1.64. The van der Waals surface area contributed by atoms with Crippen LogP contribution in [0.2, 0.25) is 15.1 Å². The summed E-state index contributed by atoms with van der Waals surface area (Å²) >= 11 is 17.7. The maximum atomic E-state index is 13.2. The van der Waals surface area contributed by atoms with Crippen LogP contribution in [0.5, 0.6) is 0 Å². The van der Waals surface area contributed by atoms with Gasteiger partial charge in [-0.15, -0.1) is 0 Å². The van der Waals surface area contributed by atoms with Crippen LogP contribution in [-0.4, -0.2) is 0 Å². The lowest BCUT2D eigenvalue weighted by Crippen LogP contribution is -1.92. The number of hydrogen-bond donors (Lipinski definition) is 0. The Hall–Kier alpha value is -0.900. The molecular formula is C13H6Cl3F3. The molecule has 0 saturated heterocycles. The standard InChI is InChI=1S/C13H6Cl3F3/c14-7-4-8(12(16)10(15)5-7)6-1-2-11(17)9(3-6)13(18)19/h1-5,13H. The Morgan fingerprint density at radius 3 is 2.26 bits per heavy atom. The van der Waals surface area contributed by atoms with E-state index in [1.807, 2.05) is 0 Å². The fourth-order valence-corrected chi connectivity index (χ4v) is 2.36. The first kappa shape index (κ1) is 14.5. The molecule has 0 aliphatic heterocycles. The van der Waals surface area contributed by atoms with Gasteiger partial charge in [-0.2, -0.15) is 0 Å². The van der Waals surface area contributed by atoms with Gasteiger partial charge in [0.2, 0.25) is 0 Å². The Bertz CT molecular complexity index is 627. The second-order valence-electron chi connectivity index (χ2n) is 3.79. The molecule has 0 nitrogen and oxygen atoms in total. The summed E-state index contributed by atoms with van der Waals surface area (Å²) in [5.74, 6) is -0.969. The number of halogens is 6. The first-order valence-electron chi connectivity index (χ1n) is 5.12. The second-order valence-corrected chi connectivity index (χ2v) is 5.01. The zero-order valence-electron chi connectivity index (χ0n) is 9.23. The molecule has 0 fully saturated rings. The molecule has 2 aromatic carbocycles. The highest BCUT2D eigenvalue weighted by atomic mass is 35.5. The molecule has 0 saturated carbocycles. The van der Waals surface area contributed by atoms with Gasteiger partial charge in [-0.05, 0) is 29.8 Å². The van der Waals surface area contributed by atoms with Crippen LogP contribution in [0.1, 0.15) is 12.0 Å². The van der Waals surface area contributed by atoms with Crippen LogP contribution in [-0.2, 0) is 0 Å². The zero-order chi connectivity index (χ0) is 14.2. The minimum atomic E-state index is -2.91. The van der Waals surface area contributed by atoms with Crippen LogP contribution in [0.25, 0.3) is 11.1 Å².